The quantitative estimate of drug-likeness (QED) is 0.801. The molecule has 23 heavy (non-hydrogen) atoms. The van der Waals surface area contributed by atoms with E-state index in [1.54, 1.807) is 6.20 Å². The zero-order valence-electron chi connectivity index (χ0n) is 12.4. The lowest BCUT2D eigenvalue weighted by atomic mass is 10.2. The van der Waals surface area contributed by atoms with E-state index in [4.69, 9.17) is 11.6 Å². The number of carbonyl (C=O) groups is 1. The number of nitrogens with zero attached hydrogens (tertiary/aromatic N) is 3. The molecular weight excluding hydrogens is 312 g/mol. The number of benzene rings is 1. The number of carbonyl (C=O) groups excluding carboxylic acids is 1. The van der Waals surface area contributed by atoms with E-state index in [2.05, 4.69) is 15.4 Å². The van der Waals surface area contributed by atoms with Gasteiger partial charge in [-0.2, -0.15) is 5.10 Å². The smallest absolute Gasteiger partial charge is 0.270 e. The van der Waals surface area contributed by atoms with E-state index in [-0.39, 0.29) is 5.91 Å². The van der Waals surface area contributed by atoms with Crippen molar-refractivity contribution in [2.75, 3.05) is 0 Å². The Labute approximate surface area is 138 Å². The fourth-order valence-corrected chi connectivity index (χ4v) is 2.86. The van der Waals surface area contributed by atoms with Gasteiger partial charge in [0.2, 0.25) is 0 Å². The van der Waals surface area contributed by atoms with E-state index in [0.717, 1.165) is 24.1 Å². The van der Waals surface area contributed by atoms with Crippen molar-refractivity contribution in [2.24, 2.45) is 0 Å². The second-order valence-corrected chi connectivity index (χ2v) is 6.19. The predicted octanol–water partition coefficient (Wildman–Crippen LogP) is 3.19. The van der Waals surface area contributed by atoms with Crippen molar-refractivity contribution in [3.8, 4) is 0 Å². The maximum Gasteiger partial charge on any atom is 0.270 e. The van der Waals surface area contributed by atoms with Crippen LogP contribution in [0.4, 0.5) is 0 Å². The van der Waals surface area contributed by atoms with Crippen molar-refractivity contribution in [1.29, 1.82) is 0 Å². The molecule has 116 valence electrons. The summed E-state index contributed by atoms with van der Waals surface area (Å²) in [7, 11) is 0. The summed E-state index contributed by atoms with van der Waals surface area (Å²) in [6, 6.07) is 11.1. The molecular formula is C17H15ClN4O. The van der Waals surface area contributed by atoms with Crippen molar-refractivity contribution in [3.63, 3.8) is 0 Å². The van der Waals surface area contributed by atoms with Crippen molar-refractivity contribution in [3.05, 3.63) is 64.6 Å². The van der Waals surface area contributed by atoms with Gasteiger partial charge >= 0.3 is 0 Å². The largest absolute Gasteiger partial charge is 0.347 e. The minimum atomic E-state index is -0.185. The average molecular weight is 327 g/mol. The van der Waals surface area contributed by atoms with Gasteiger partial charge in [-0.15, -0.1) is 0 Å². The summed E-state index contributed by atoms with van der Waals surface area (Å²) in [5, 5.41) is 7.85. The van der Waals surface area contributed by atoms with E-state index in [1.165, 1.54) is 0 Å². The molecule has 2 aromatic heterocycles. The van der Waals surface area contributed by atoms with Crippen LogP contribution in [0.25, 0.3) is 5.65 Å². The Balaban J connectivity index is 1.57. The Hall–Kier alpha value is -2.40. The summed E-state index contributed by atoms with van der Waals surface area (Å²) >= 11 is 5.96. The minimum Gasteiger partial charge on any atom is -0.347 e. The van der Waals surface area contributed by atoms with Crippen LogP contribution in [0.3, 0.4) is 0 Å². The fourth-order valence-electron chi connectivity index (χ4n) is 2.64. The van der Waals surface area contributed by atoms with Gasteiger partial charge in [0.1, 0.15) is 5.69 Å². The number of fused-ring (bicyclic) bond motifs is 1. The lowest BCUT2D eigenvalue weighted by Crippen LogP contribution is -2.24. The van der Waals surface area contributed by atoms with Crippen molar-refractivity contribution < 1.29 is 4.79 Å². The molecule has 1 saturated carbocycles. The number of rotatable bonds is 4. The van der Waals surface area contributed by atoms with Crippen LogP contribution in [0.15, 0.2) is 42.6 Å². The summed E-state index contributed by atoms with van der Waals surface area (Å²) in [5.74, 6) is 0.301. The number of aromatic nitrogens is 3. The molecule has 0 radical (unpaired) electrons. The molecule has 3 aromatic rings. The highest BCUT2D eigenvalue weighted by Crippen LogP contribution is 2.40. The molecule has 1 aliphatic rings. The van der Waals surface area contributed by atoms with Gasteiger partial charge in [0, 0.05) is 29.2 Å². The van der Waals surface area contributed by atoms with Crippen LogP contribution < -0.4 is 5.32 Å². The zero-order valence-corrected chi connectivity index (χ0v) is 13.1. The molecule has 0 bridgehead atoms. The molecule has 4 rings (SSSR count). The molecule has 0 atom stereocenters. The van der Waals surface area contributed by atoms with E-state index in [1.807, 2.05) is 40.9 Å². The molecule has 0 aliphatic heterocycles. The van der Waals surface area contributed by atoms with Gasteiger partial charge < -0.3 is 5.32 Å². The third-order valence-corrected chi connectivity index (χ3v) is 4.19. The van der Waals surface area contributed by atoms with Crippen LogP contribution in [0, 0.1) is 0 Å². The Morgan fingerprint density at radius 2 is 2.17 bits per heavy atom. The zero-order chi connectivity index (χ0) is 15.8. The summed E-state index contributed by atoms with van der Waals surface area (Å²) < 4.78 is 1.82. The topological polar surface area (TPSA) is 59.3 Å². The highest BCUT2D eigenvalue weighted by atomic mass is 35.5. The maximum atomic E-state index is 12.4. The Morgan fingerprint density at radius 3 is 2.96 bits per heavy atom. The molecule has 6 heteroatoms. The van der Waals surface area contributed by atoms with Gasteiger partial charge in [-0.1, -0.05) is 23.7 Å². The summed E-state index contributed by atoms with van der Waals surface area (Å²) in [4.78, 5) is 16.8. The van der Waals surface area contributed by atoms with Crippen LogP contribution >= 0.6 is 11.6 Å². The van der Waals surface area contributed by atoms with E-state index < -0.39 is 0 Å². The van der Waals surface area contributed by atoms with Gasteiger partial charge in [-0.3, -0.25) is 4.79 Å². The molecule has 0 spiro atoms. The van der Waals surface area contributed by atoms with Gasteiger partial charge in [0.25, 0.3) is 5.91 Å². The van der Waals surface area contributed by atoms with Crippen LogP contribution in [-0.2, 0) is 6.54 Å². The lowest BCUT2D eigenvalue weighted by Gasteiger charge is -2.08. The number of hydrogen-bond acceptors (Lipinski definition) is 3. The Bertz CT molecular complexity index is 885. The number of halogens is 1. The molecule has 5 nitrogen and oxygen atoms in total. The van der Waals surface area contributed by atoms with Gasteiger partial charge in [-0.25, -0.2) is 9.50 Å². The SMILES string of the molecule is O=C(NCc1cccc(Cl)c1)c1cc(C2CC2)n2nccc2n1. The number of amides is 1. The first-order valence-electron chi connectivity index (χ1n) is 7.58. The summed E-state index contributed by atoms with van der Waals surface area (Å²) in [6.45, 7) is 0.421. The average Bonchev–Trinajstić information content (AvgIpc) is 3.29. The van der Waals surface area contributed by atoms with E-state index in [0.29, 0.717) is 28.8 Å². The molecule has 0 saturated heterocycles. The first-order chi connectivity index (χ1) is 11.2. The van der Waals surface area contributed by atoms with Crippen LogP contribution in [0.2, 0.25) is 5.02 Å². The molecule has 1 amide bonds. The minimum absolute atomic E-state index is 0.185. The molecule has 1 aromatic carbocycles. The fraction of sp³-hybridized carbons (Fsp3) is 0.235. The van der Waals surface area contributed by atoms with E-state index >= 15 is 0 Å². The third kappa shape index (κ3) is 2.92. The van der Waals surface area contributed by atoms with Crippen LogP contribution in [-0.4, -0.2) is 20.5 Å². The highest BCUT2D eigenvalue weighted by Gasteiger charge is 2.28. The molecule has 0 unspecified atom stereocenters. The molecule has 1 aliphatic carbocycles. The predicted molar refractivity (Wildman–Crippen MR) is 87.6 cm³/mol. The summed E-state index contributed by atoms with van der Waals surface area (Å²) in [6.07, 6.45) is 3.99. The van der Waals surface area contributed by atoms with Crippen LogP contribution in [0.1, 0.15) is 40.5 Å². The Kier molecular flexibility index (Phi) is 3.50. The second-order valence-electron chi connectivity index (χ2n) is 5.75. The van der Waals surface area contributed by atoms with E-state index in [9.17, 15) is 4.79 Å². The highest BCUT2D eigenvalue weighted by molar-refractivity contribution is 6.30. The maximum absolute atomic E-state index is 12.4. The Morgan fingerprint density at radius 1 is 1.30 bits per heavy atom. The van der Waals surface area contributed by atoms with Gasteiger partial charge in [0.05, 0.1) is 6.20 Å². The second kappa shape index (κ2) is 5.66. The normalized spacial score (nSPS) is 14.1. The molecule has 1 fully saturated rings. The third-order valence-electron chi connectivity index (χ3n) is 3.96. The summed E-state index contributed by atoms with van der Waals surface area (Å²) in [5.41, 5.74) is 3.16. The lowest BCUT2D eigenvalue weighted by molar-refractivity contribution is 0.0946. The van der Waals surface area contributed by atoms with Crippen molar-refractivity contribution in [1.82, 2.24) is 19.9 Å². The number of hydrogen-bond donors (Lipinski definition) is 1. The van der Waals surface area contributed by atoms with Crippen molar-refractivity contribution >= 4 is 23.2 Å². The standard InChI is InChI=1S/C17H15ClN4O/c18-13-3-1-2-11(8-13)10-19-17(23)14-9-15(12-4-5-12)22-16(21-14)6-7-20-22/h1-3,6-9,12H,4-5,10H2,(H,19,23). The monoisotopic (exact) mass is 326 g/mol. The molecule has 1 N–H and O–H groups in total. The first kappa shape index (κ1) is 14.2. The first-order valence-corrected chi connectivity index (χ1v) is 7.96. The molecule has 2 heterocycles. The number of nitrogens with one attached hydrogen (secondary N) is 1. The van der Waals surface area contributed by atoms with Crippen LogP contribution in [0.5, 0.6) is 0 Å². The van der Waals surface area contributed by atoms with Crippen molar-refractivity contribution in [2.45, 2.75) is 25.3 Å². The van der Waals surface area contributed by atoms with Gasteiger partial charge in [0.15, 0.2) is 5.65 Å². The van der Waals surface area contributed by atoms with Gasteiger partial charge in [-0.05, 0) is 36.6 Å².